The average molecular weight is 431 g/mol. The minimum Gasteiger partial charge on any atom is -0.347 e. The topological polar surface area (TPSA) is 108 Å². The van der Waals surface area contributed by atoms with Gasteiger partial charge in [0.25, 0.3) is 5.91 Å². The zero-order chi connectivity index (χ0) is 21.5. The molecule has 0 unspecified atom stereocenters. The lowest BCUT2D eigenvalue weighted by molar-refractivity contribution is -0.136. The van der Waals surface area contributed by atoms with E-state index in [1.54, 1.807) is 0 Å². The van der Waals surface area contributed by atoms with Gasteiger partial charge in [0.15, 0.2) is 0 Å². The summed E-state index contributed by atoms with van der Waals surface area (Å²) in [5.41, 5.74) is 1.83. The van der Waals surface area contributed by atoms with Gasteiger partial charge < -0.3 is 10.2 Å². The molecule has 0 atom stereocenters. The van der Waals surface area contributed by atoms with Crippen molar-refractivity contribution >= 4 is 34.2 Å². The molecular formula is C20H26N6O3S. The molecule has 0 aliphatic carbocycles. The molecule has 1 aromatic carbocycles. The number of aryl methyl sites for hydroxylation is 2. The van der Waals surface area contributed by atoms with E-state index in [4.69, 9.17) is 0 Å². The maximum atomic E-state index is 12.6. The summed E-state index contributed by atoms with van der Waals surface area (Å²) < 4.78 is 0. The lowest BCUT2D eigenvalue weighted by atomic mass is 10.1. The van der Waals surface area contributed by atoms with Gasteiger partial charge in [0.05, 0.1) is 0 Å². The fourth-order valence-electron chi connectivity index (χ4n) is 3.06. The van der Waals surface area contributed by atoms with Gasteiger partial charge in [0, 0.05) is 44.8 Å². The van der Waals surface area contributed by atoms with Crippen molar-refractivity contribution in [2.75, 3.05) is 44.6 Å². The van der Waals surface area contributed by atoms with Gasteiger partial charge in [0.1, 0.15) is 5.01 Å². The maximum Gasteiger partial charge on any atom is 0.315 e. The molecular weight excluding hydrogens is 404 g/mol. The Kier molecular flexibility index (Phi) is 7.47. The van der Waals surface area contributed by atoms with Crippen LogP contribution in [0.2, 0.25) is 0 Å². The van der Waals surface area contributed by atoms with Crippen molar-refractivity contribution < 1.29 is 14.4 Å². The first kappa shape index (κ1) is 21.8. The van der Waals surface area contributed by atoms with Crippen LogP contribution >= 0.6 is 11.3 Å². The lowest BCUT2D eigenvalue weighted by Gasteiger charge is -2.34. The van der Waals surface area contributed by atoms with Crippen LogP contribution in [0, 0.1) is 6.92 Å². The van der Waals surface area contributed by atoms with E-state index in [2.05, 4.69) is 25.7 Å². The van der Waals surface area contributed by atoms with Gasteiger partial charge in [-0.1, -0.05) is 36.0 Å². The van der Waals surface area contributed by atoms with Gasteiger partial charge in [-0.15, -0.1) is 10.2 Å². The molecule has 3 amide bonds. The van der Waals surface area contributed by atoms with E-state index in [0.717, 1.165) is 30.1 Å². The SMILES string of the molecule is CCc1nnc(NC(=O)C(=O)NCCN2CCN(C(=O)c3ccc(C)cc3)CC2)s1. The van der Waals surface area contributed by atoms with E-state index in [0.29, 0.717) is 36.9 Å². The Morgan fingerprint density at radius 2 is 1.73 bits per heavy atom. The number of rotatable bonds is 6. The predicted molar refractivity (Wildman–Crippen MR) is 114 cm³/mol. The Balaban J connectivity index is 1.36. The molecule has 1 aliphatic rings. The van der Waals surface area contributed by atoms with Gasteiger partial charge >= 0.3 is 11.8 Å². The Morgan fingerprint density at radius 1 is 1.03 bits per heavy atom. The summed E-state index contributed by atoms with van der Waals surface area (Å²) in [4.78, 5) is 40.4. The summed E-state index contributed by atoms with van der Waals surface area (Å²) in [5.74, 6) is -1.40. The van der Waals surface area contributed by atoms with Crippen LogP contribution in [-0.2, 0) is 16.0 Å². The van der Waals surface area contributed by atoms with Crippen LogP contribution in [0.5, 0.6) is 0 Å². The van der Waals surface area contributed by atoms with Crippen molar-refractivity contribution in [1.29, 1.82) is 0 Å². The first-order valence-corrected chi connectivity index (χ1v) is 10.8. The smallest absolute Gasteiger partial charge is 0.315 e. The Labute approximate surface area is 179 Å². The van der Waals surface area contributed by atoms with Gasteiger partial charge in [-0.2, -0.15) is 0 Å². The standard InChI is InChI=1S/C20H26N6O3S/c1-3-16-23-24-20(30-16)22-18(28)17(27)21-8-9-25-10-12-26(13-11-25)19(29)15-6-4-14(2)5-7-15/h4-7H,3,8-13H2,1-2H3,(H,21,27)(H,22,24,28). The van der Waals surface area contributed by atoms with Crippen LogP contribution in [0.4, 0.5) is 5.13 Å². The molecule has 1 fully saturated rings. The van der Waals surface area contributed by atoms with Crippen molar-refractivity contribution in [3.8, 4) is 0 Å². The highest BCUT2D eigenvalue weighted by Crippen LogP contribution is 2.15. The number of nitrogens with zero attached hydrogens (tertiary/aromatic N) is 4. The molecule has 1 saturated heterocycles. The van der Waals surface area contributed by atoms with E-state index < -0.39 is 11.8 Å². The number of hydrogen-bond donors (Lipinski definition) is 2. The van der Waals surface area contributed by atoms with Crippen LogP contribution in [0.15, 0.2) is 24.3 Å². The van der Waals surface area contributed by atoms with Gasteiger partial charge in [-0.3, -0.25) is 24.6 Å². The zero-order valence-electron chi connectivity index (χ0n) is 17.2. The van der Waals surface area contributed by atoms with Crippen molar-refractivity contribution in [3.05, 3.63) is 40.4 Å². The number of hydrogen-bond acceptors (Lipinski definition) is 7. The number of amides is 3. The molecule has 2 aromatic rings. The highest BCUT2D eigenvalue weighted by atomic mass is 32.1. The second kappa shape index (κ2) is 10.3. The molecule has 10 heteroatoms. The second-order valence-electron chi connectivity index (χ2n) is 7.06. The highest BCUT2D eigenvalue weighted by molar-refractivity contribution is 7.15. The number of anilines is 1. The van der Waals surface area contributed by atoms with Gasteiger partial charge in [-0.05, 0) is 25.5 Å². The summed E-state index contributed by atoms with van der Waals surface area (Å²) in [7, 11) is 0. The number of carbonyl (C=O) groups excluding carboxylic acids is 3. The number of aromatic nitrogens is 2. The highest BCUT2D eigenvalue weighted by Gasteiger charge is 2.22. The normalized spacial score (nSPS) is 14.4. The third-order valence-corrected chi connectivity index (χ3v) is 5.85. The molecule has 9 nitrogen and oxygen atoms in total. The fourth-order valence-corrected chi connectivity index (χ4v) is 3.74. The Bertz CT molecular complexity index is 890. The molecule has 2 heterocycles. The third kappa shape index (κ3) is 5.83. The molecule has 0 bridgehead atoms. The van der Waals surface area contributed by atoms with E-state index in [1.807, 2.05) is 43.0 Å². The lowest BCUT2D eigenvalue weighted by Crippen LogP contribution is -2.50. The summed E-state index contributed by atoms with van der Waals surface area (Å²) in [6.45, 7) is 7.63. The maximum absolute atomic E-state index is 12.6. The van der Waals surface area contributed by atoms with Gasteiger partial charge in [0.2, 0.25) is 5.13 Å². The van der Waals surface area contributed by atoms with Crippen molar-refractivity contribution in [3.63, 3.8) is 0 Å². The third-order valence-electron chi connectivity index (χ3n) is 4.87. The molecule has 0 spiro atoms. The van der Waals surface area contributed by atoms with Crippen LogP contribution in [0.1, 0.15) is 27.9 Å². The Hall–Kier alpha value is -2.85. The summed E-state index contributed by atoms with van der Waals surface area (Å²) >= 11 is 1.25. The van der Waals surface area contributed by atoms with Crippen molar-refractivity contribution in [2.24, 2.45) is 0 Å². The summed E-state index contributed by atoms with van der Waals surface area (Å²) in [6, 6.07) is 7.59. The summed E-state index contributed by atoms with van der Waals surface area (Å²) in [5, 5.41) is 13.9. The van der Waals surface area contributed by atoms with Crippen LogP contribution in [-0.4, -0.2) is 77.0 Å². The molecule has 1 aromatic heterocycles. The average Bonchev–Trinajstić information content (AvgIpc) is 3.21. The van der Waals surface area contributed by atoms with Crippen LogP contribution in [0.3, 0.4) is 0 Å². The van der Waals surface area contributed by atoms with E-state index in [-0.39, 0.29) is 5.91 Å². The van der Waals surface area contributed by atoms with E-state index in [1.165, 1.54) is 11.3 Å². The molecule has 1 aliphatic heterocycles. The quantitative estimate of drug-likeness (QED) is 0.660. The molecule has 3 rings (SSSR count). The molecule has 2 N–H and O–H groups in total. The van der Waals surface area contributed by atoms with Gasteiger partial charge in [-0.25, -0.2) is 0 Å². The molecule has 30 heavy (non-hydrogen) atoms. The predicted octanol–water partition coefficient (Wildman–Crippen LogP) is 0.922. The summed E-state index contributed by atoms with van der Waals surface area (Å²) in [6.07, 6.45) is 0.726. The van der Waals surface area contributed by atoms with Crippen molar-refractivity contribution in [1.82, 2.24) is 25.3 Å². The van der Waals surface area contributed by atoms with E-state index in [9.17, 15) is 14.4 Å². The molecule has 0 radical (unpaired) electrons. The first-order valence-electron chi connectivity index (χ1n) is 9.96. The second-order valence-corrected chi connectivity index (χ2v) is 8.13. The van der Waals surface area contributed by atoms with Crippen LogP contribution < -0.4 is 10.6 Å². The van der Waals surface area contributed by atoms with E-state index >= 15 is 0 Å². The first-order chi connectivity index (χ1) is 14.5. The minimum absolute atomic E-state index is 0.0440. The number of carbonyl (C=O) groups is 3. The minimum atomic E-state index is -0.748. The molecule has 0 saturated carbocycles. The zero-order valence-corrected chi connectivity index (χ0v) is 18.0. The fraction of sp³-hybridized carbons (Fsp3) is 0.450. The monoisotopic (exact) mass is 430 g/mol. The Morgan fingerprint density at radius 3 is 2.37 bits per heavy atom. The number of benzene rings is 1. The largest absolute Gasteiger partial charge is 0.347 e. The number of nitrogens with one attached hydrogen (secondary N) is 2. The van der Waals surface area contributed by atoms with Crippen molar-refractivity contribution in [2.45, 2.75) is 20.3 Å². The van der Waals surface area contributed by atoms with Crippen LogP contribution in [0.25, 0.3) is 0 Å². The molecule has 160 valence electrons. The number of piperazine rings is 1.